The van der Waals surface area contributed by atoms with Gasteiger partial charge in [0.2, 0.25) is 5.91 Å². The molecule has 1 aliphatic heterocycles. The Bertz CT molecular complexity index is 343. The maximum atomic E-state index is 12.4. The van der Waals surface area contributed by atoms with Crippen LogP contribution in [0.25, 0.3) is 0 Å². The molecule has 1 aliphatic carbocycles. The van der Waals surface area contributed by atoms with Crippen LogP contribution in [0.15, 0.2) is 0 Å². The third-order valence-corrected chi connectivity index (χ3v) is 4.96. The fraction of sp³-hybridized carbons (Fsp3) is 0.941. The van der Waals surface area contributed by atoms with Crippen molar-refractivity contribution in [1.82, 2.24) is 15.1 Å². The van der Waals surface area contributed by atoms with Gasteiger partial charge in [0.15, 0.2) is 0 Å². The Morgan fingerprint density at radius 2 is 2.05 bits per heavy atom. The minimum Gasteiger partial charge on any atom is -0.374 e. The fourth-order valence-electron chi connectivity index (χ4n) is 3.56. The summed E-state index contributed by atoms with van der Waals surface area (Å²) in [6.45, 7) is 6.20. The minimum atomic E-state index is -0.0582. The average molecular weight is 311 g/mol. The summed E-state index contributed by atoms with van der Waals surface area (Å²) in [6.07, 6.45) is 6.77. The first-order chi connectivity index (χ1) is 10.6. The smallest absolute Gasteiger partial charge is 0.237 e. The van der Waals surface area contributed by atoms with Crippen LogP contribution in [0.2, 0.25) is 0 Å². The van der Waals surface area contributed by atoms with Crippen LogP contribution in [0.5, 0.6) is 0 Å². The van der Waals surface area contributed by atoms with Crippen molar-refractivity contribution in [2.45, 2.75) is 51.2 Å². The summed E-state index contributed by atoms with van der Waals surface area (Å²) in [7, 11) is 4.12. The molecule has 0 aromatic carbocycles. The van der Waals surface area contributed by atoms with Gasteiger partial charge in [-0.25, -0.2) is 0 Å². The van der Waals surface area contributed by atoms with E-state index in [1.807, 2.05) is 6.92 Å². The second-order valence-electron chi connectivity index (χ2n) is 7.18. The number of rotatable bonds is 6. The summed E-state index contributed by atoms with van der Waals surface area (Å²) in [5.41, 5.74) is 0. The fourth-order valence-corrected chi connectivity index (χ4v) is 3.56. The van der Waals surface area contributed by atoms with E-state index in [2.05, 4.69) is 29.2 Å². The maximum absolute atomic E-state index is 12.4. The molecule has 0 bridgehead atoms. The molecule has 5 heteroatoms. The van der Waals surface area contributed by atoms with E-state index in [9.17, 15) is 4.79 Å². The molecule has 0 spiro atoms. The Balaban J connectivity index is 1.74. The zero-order valence-electron chi connectivity index (χ0n) is 14.5. The molecule has 22 heavy (non-hydrogen) atoms. The minimum absolute atomic E-state index is 0.0582. The Hall–Kier alpha value is -0.650. The van der Waals surface area contributed by atoms with Crippen molar-refractivity contribution in [3.8, 4) is 0 Å². The summed E-state index contributed by atoms with van der Waals surface area (Å²) in [5, 5.41) is 3.17. The number of carbonyl (C=O) groups excluding carboxylic acids is 1. The predicted molar refractivity (Wildman–Crippen MR) is 88.9 cm³/mol. The number of nitrogens with zero attached hydrogens (tertiary/aromatic N) is 2. The quantitative estimate of drug-likeness (QED) is 0.804. The van der Waals surface area contributed by atoms with Gasteiger partial charge >= 0.3 is 0 Å². The van der Waals surface area contributed by atoms with Gasteiger partial charge in [-0.3, -0.25) is 9.69 Å². The molecule has 2 aliphatic rings. The highest BCUT2D eigenvalue weighted by Gasteiger charge is 2.28. The monoisotopic (exact) mass is 311 g/mol. The Morgan fingerprint density at radius 1 is 1.32 bits per heavy atom. The lowest BCUT2D eigenvalue weighted by molar-refractivity contribution is -0.129. The van der Waals surface area contributed by atoms with Gasteiger partial charge in [-0.1, -0.05) is 19.3 Å². The highest BCUT2D eigenvalue weighted by molar-refractivity contribution is 5.81. The lowest BCUT2D eigenvalue weighted by Gasteiger charge is -2.37. The molecule has 1 N–H and O–H groups in total. The van der Waals surface area contributed by atoms with Gasteiger partial charge in [0.25, 0.3) is 0 Å². The number of carbonyl (C=O) groups is 1. The van der Waals surface area contributed by atoms with Crippen LogP contribution in [-0.2, 0) is 9.53 Å². The highest BCUT2D eigenvalue weighted by Crippen LogP contribution is 2.22. The van der Waals surface area contributed by atoms with Crippen LogP contribution >= 0.6 is 0 Å². The van der Waals surface area contributed by atoms with Crippen molar-refractivity contribution < 1.29 is 9.53 Å². The molecule has 128 valence electrons. The van der Waals surface area contributed by atoms with Gasteiger partial charge < -0.3 is 15.0 Å². The molecule has 0 aromatic heterocycles. The van der Waals surface area contributed by atoms with E-state index >= 15 is 0 Å². The molecule has 0 radical (unpaired) electrons. The van der Waals surface area contributed by atoms with Crippen molar-refractivity contribution in [3.63, 3.8) is 0 Å². The third kappa shape index (κ3) is 5.52. The molecule has 5 nitrogen and oxygen atoms in total. The van der Waals surface area contributed by atoms with E-state index in [-0.39, 0.29) is 18.1 Å². The zero-order valence-corrected chi connectivity index (χ0v) is 14.5. The lowest BCUT2D eigenvalue weighted by Crippen LogP contribution is -2.54. The second kappa shape index (κ2) is 8.85. The van der Waals surface area contributed by atoms with E-state index in [1.54, 1.807) is 0 Å². The largest absolute Gasteiger partial charge is 0.374 e. The SMILES string of the molecule is C[C@@H](C(=O)NCC1CCCCC1)N1CCO[C@@H](CN(C)C)C1. The van der Waals surface area contributed by atoms with E-state index in [4.69, 9.17) is 4.74 Å². The summed E-state index contributed by atoms with van der Waals surface area (Å²) in [5.74, 6) is 0.868. The number of nitrogens with one attached hydrogen (secondary N) is 1. The van der Waals surface area contributed by atoms with Crippen LogP contribution in [0, 0.1) is 5.92 Å². The Labute approximate surface area is 135 Å². The van der Waals surface area contributed by atoms with E-state index in [1.165, 1.54) is 32.1 Å². The van der Waals surface area contributed by atoms with Gasteiger partial charge in [0, 0.05) is 26.2 Å². The summed E-state index contributed by atoms with van der Waals surface area (Å²) in [6, 6.07) is -0.0582. The molecule has 0 unspecified atom stereocenters. The van der Waals surface area contributed by atoms with Gasteiger partial charge in [0.05, 0.1) is 18.8 Å². The first-order valence-electron chi connectivity index (χ1n) is 8.84. The van der Waals surface area contributed by atoms with Crippen LogP contribution in [0.1, 0.15) is 39.0 Å². The Morgan fingerprint density at radius 3 is 2.73 bits per heavy atom. The van der Waals surface area contributed by atoms with Gasteiger partial charge in [-0.2, -0.15) is 0 Å². The standard InChI is InChI=1S/C17H33N3O2/c1-14(17(21)18-11-15-7-5-4-6-8-15)20-9-10-22-16(13-20)12-19(2)3/h14-16H,4-13H2,1-3H3,(H,18,21)/t14-,16-/m0/s1. The average Bonchev–Trinajstić information content (AvgIpc) is 2.52. The normalized spacial score (nSPS) is 26.1. The number of likely N-dealkylation sites (N-methyl/N-ethyl adjacent to an activating group) is 1. The molecule has 1 heterocycles. The van der Waals surface area contributed by atoms with Crippen molar-refractivity contribution in [1.29, 1.82) is 0 Å². The van der Waals surface area contributed by atoms with Gasteiger partial charge in [-0.15, -0.1) is 0 Å². The van der Waals surface area contributed by atoms with Gasteiger partial charge in [-0.05, 0) is 39.8 Å². The van der Waals surface area contributed by atoms with Crippen molar-refractivity contribution in [3.05, 3.63) is 0 Å². The van der Waals surface area contributed by atoms with E-state index in [0.29, 0.717) is 5.92 Å². The van der Waals surface area contributed by atoms with Crippen LogP contribution in [-0.4, -0.2) is 74.7 Å². The number of hydrogen-bond acceptors (Lipinski definition) is 4. The number of ether oxygens (including phenoxy) is 1. The lowest BCUT2D eigenvalue weighted by atomic mass is 9.89. The molecule has 0 aromatic rings. The highest BCUT2D eigenvalue weighted by atomic mass is 16.5. The third-order valence-electron chi connectivity index (χ3n) is 4.96. The molecule has 1 amide bonds. The predicted octanol–water partition coefficient (Wildman–Crippen LogP) is 1.33. The van der Waals surface area contributed by atoms with Crippen molar-refractivity contribution in [2.75, 3.05) is 46.9 Å². The number of hydrogen-bond donors (Lipinski definition) is 1. The van der Waals surface area contributed by atoms with Crippen LogP contribution < -0.4 is 5.32 Å². The second-order valence-corrected chi connectivity index (χ2v) is 7.18. The maximum Gasteiger partial charge on any atom is 0.237 e. The zero-order chi connectivity index (χ0) is 15.9. The first-order valence-corrected chi connectivity index (χ1v) is 8.84. The van der Waals surface area contributed by atoms with Crippen LogP contribution in [0.4, 0.5) is 0 Å². The summed E-state index contributed by atoms with van der Waals surface area (Å²) >= 11 is 0. The molecule has 2 rings (SSSR count). The molecular weight excluding hydrogens is 278 g/mol. The van der Waals surface area contributed by atoms with Crippen molar-refractivity contribution >= 4 is 5.91 Å². The molecule has 1 saturated heterocycles. The summed E-state index contributed by atoms with van der Waals surface area (Å²) in [4.78, 5) is 16.8. The van der Waals surface area contributed by atoms with E-state index in [0.717, 1.165) is 32.8 Å². The summed E-state index contributed by atoms with van der Waals surface area (Å²) < 4.78 is 5.79. The van der Waals surface area contributed by atoms with Crippen LogP contribution in [0.3, 0.4) is 0 Å². The number of morpholine rings is 1. The number of amides is 1. The van der Waals surface area contributed by atoms with Crippen molar-refractivity contribution in [2.24, 2.45) is 5.92 Å². The molecule has 2 atom stereocenters. The molecule has 1 saturated carbocycles. The first kappa shape index (κ1) is 17.7. The Kier molecular flexibility index (Phi) is 7.12. The van der Waals surface area contributed by atoms with Gasteiger partial charge in [0.1, 0.15) is 0 Å². The van der Waals surface area contributed by atoms with E-state index < -0.39 is 0 Å². The molecule has 2 fully saturated rings. The topological polar surface area (TPSA) is 44.8 Å². The molecular formula is C17H33N3O2.